The molecule has 0 radical (unpaired) electrons. The first kappa shape index (κ1) is 17.7. The number of thiazole rings is 1. The number of piperidine rings is 1. The number of likely N-dealkylation sites (tertiary alicyclic amines) is 1. The van der Waals surface area contributed by atoms with Crippen LogP contribution in [-0.2, 0) is 9.53 Å². The third-order valence-corrected chi connectivity index (χ3v) is 6.01. The van der Waals surface area contributed by atoms with E-state index in [9.17, 15) is 9.59 Å². The first-order valence-electron chi connectivity index (χ1n) is 8.98. The highest BCUT2D eigenvalue weighted by atomic mass is 32.1. The molecule has 0 N–H and O–H groups in total. The number of esters is 1. The highest BCUT2D eigenvalue weighted by Crippen LogP contribution is 2.27. The van der Waals surface area contributed by atoms with Gasteiger partial charge in [0.2, 0.25) is 0 Å². The topological polar surface area (TPSA) is 63.9 Å². The van der Waals surface area contributed by atoms with Crippen LogP contribution in [0.15, 0.2) is 35.8 Å². The largest absolute Gasteiger partial charge is 0.469 e. The summed E-state index contributed by atoms with van der Waals surface area (Å²) in [6.45, 7) is 3.19. The van der Waals surface area contributed by atoms with E-state index >= 15 is 0 Å². The number of fused-ring (bicyclic) bond motifs is 1. The van der Waals surface area contributed by atoms with Gasteiger partial charge in [-0.25, -0.2) is 4.98 Å². The summed E-state index contributed by atoms with van der Waals surface area (Å²) in [5, 5.41) is 1.86. The quantitative estimate of drug-likeness (QED) is 0.651. The van der Waals surface area contributed by atoms with E-state index in [1.807, 2.05) is 39.1 Å². The van der Waals surface area contributed by atoms with Crippen molar-refractivity contribution < 1.29 is 14.3 Å². The second kappa shape index (κ2) is 7.15. The number of ether oxygens (including phenoxy) is 1. The van der Waals surface area contributed by atoms with Crippen molar-refractivity contribution in [1.82, 2.24) is 14.3 Å². The summed E-state index contributed by atoms with van der Waals surface area (Å²) in [6.07, 6.45) is 3.22. The molecule has 0 aliphatic carbocycles. The van der Waals surface area contributed by atoms with Crippen molar-refractivity contribution >= 4 is 28.2 Å². The van der Waals surface area contributed by atoms with Gasteiger partial charge in [-0.05, 0) is 25.3 Å². The minimum absolute atomic E-state index is 0.0155. The molecule has 3 heterocycles. The molecular weight excluding hydrogens is 362 g/mol. The first-order chi connectivity index (χ1) is 13.1. The Hall–Kier alpha value is -2.67. The summed E-state index contributed by atoms with van der Waals surface area (Å²) in [5.41, 5.74) is 3.73. The zero-order chi connectivity index (χ0) is 19.0. The molecule has 1 saturated heterocycles. The molecule has 3 aromatic rings. The first-order valence-corrected chi connectivity index (χ1v) is 9.86. The number of imidazole rings is 1. The lowest BCUT2D eigenvalue weighted by atomic mass is 9.97. The van der Waals surface area contributed by atoms with Gasteiger partial charge in [0.05, 0.1) is 18.7 Å². The van der Waals surface area contributed by atoms with Crippen molar-refractivity contribution in [1.29, 1.82) is 0 Å². The third-order valence-electron chi connectivity index (χ3n) is 5.17. The van der Waals surface area contributed by atoms with Crippen LogP contribution in [0, 0.1) is 12.8 Å². The molecule has 1 aliphatic rings. The normalized spacial score (nSPS) is 15.3. The van der Waals surface area contributed by atoms with Gasteiger partial charge in [0, 0.05) is 30.2 Å². The average Bonchev–Trinajstić information content (AvgIpc) is 3.28. The second-order valence-electron chi connectivity index (χ2n) is 6.80. The molecule has 2 aromatic heterocycles. The highest BCUT2D eigenvalue weighted by Gasteiger charge is 2.29. The van der Waals surface area contributed by atoms with Gasteiger partial charge in [0.1, 0.15) is 5.69 Å². The summed E-state index contributed by atoms with van der Waals surface area (Å²) >= 11 is 1.47. The van der Waals surface area contributed by atoms with Gasteiger partial charge < -0.3 is 9.64 Å². The fraction of sp³-hybridized carbons (Fsp3) is 0.350. The summed E-state index contributed by atoms with van der Waals surface area (Å²) in [4.78, 5) is 32.0. The molecule has 7 heteroatoms. The van der Waals surface area contributed by atoms with Crippen molar-refractivity contribution in [3.05, 3.63) is 47.1 Å². The smallest absolute Gasteiger partial charge is 0.308 e. The van der Waals surface area contributed by atoms with E-state index in [2.05, 4.69) is 18.0 Å². The Balaban J connectivity index is 1.57. The Kier molecular flexibility index (Phi) is 4.70. The molecule has 0 atom stereocenters. The minimum atomic E-state index is -0.183. The van der Waals surface area contributed by atoms with Crippen LogP contribution in [0.5, 0.6) is 0 Å². The Morgan fingerprint density at radius 2 is 1.96 bits per heavy atom. The maximum absolute atomic E-state index is 13.0. The van der Waals surface area contributed by atoms with Crippen LogP contribution < -0.4 is 0 Å². The van der Waals surface area contributed by atoms with Crippen LogP contribution in [0.1, 0.15) is 28.9 Å². The van der Waals surface area contributed by atoms with Crippen LogP contribution in [0.4, 0.5) is 0 Å². The average molecular weight is 383 g/mol. The van der Waals surface area contributed by atoms with E-state index in [0.29, 0.717) is 31.6 Å². The highest BCUT2D eigenvalue weighted by molar-refractivity contribution is 7.15. The molecule has 0 bridgehead atoms. The maximum atomic E-state index is 13.0. The van der Waals surface area contributed by atoms with Crippen molar-refractivity contribution in [3.63, 3.8) is 0 Å². The van der Waals surface area contributed by atoms with Gasteiger partial charge in [-0.1, -0.05) is 24.3 Å². The standard InChI is InChI=1S/C20H21N3O3S/c1-13-5-3-4-6-15(13)16-11-23-17(12-27-20(23)21-16)18(24)22-9-7-14(8-10-22)19(25)26-2/h3-6,11-12,14H,7-10H2,1-2H3. The number of hydrogen-bond donors (Lipinski definition) is 0. The van der Waals surface area contributed by atoms with Crippen molar-refractivity contribution in [2.75, 3.05) is 20.2 Å². The molecule has 6 nitrogen and oxygen atoms in total. The lowest BCUT2D eigenvalue weighted by Gasteiger charge is -2.30. The number of aromatic nitrogens is 2. The second-order valence-corrected chi connectivity index (χ2v) is 7.64. The van der Waals surface area contributed by atoms with Crippen LogP contribution in [0.2, 0.25) is 0 Å². The molecule has 1 fully saturated rings. The van der Waals surface area contributed by atoms with Crippen LogP contribution >= 0.6 is 11.3 Å². The van der Waals surface area contributed by atoms with E-state index in [1.165, 1.54) is 18.4 Å². The van der Waals surface area contributed by atoms with Crippen LogP contribution in [0.3, 0.4) is 0 Å². The predicted octanol–water partition coefficient (Wildman–Crippen LogP) is 3.40. The Morgan fingerprint density at radius 1 is 1.22 bits per heavy atom. The number of hydrogen-bond acceptors (Lipinski definition) is 5. The number of nitrogens with zero attached hydrogens (tertiary/aromatic N) is 3. The summed E-state index contributed by atoms with van der Waals surface area (Å²) < 4.78 is 6.69. The van der Waals surface area contributed by atoms with Crippen molar-refractivity contribution in [2.45, 2.75) is 19.8 Å². The number of aryl methyl sites for hydroxylation is 1. The molecule has 27 heavy (non-hydrogen) atoms. The molecule has 0 spiro atoms. The van der Waals surface area contributed by atoms with E-state index in [0.717, 1.165) is 21.8 Å². The summed E-state index contributed by atoms with van der Waals surface area (Å²) in [7, 11) is 1.41. The fourth-order valence-corrected chi connectivity index (χ4v) is 4.42. The number of carbonyl (C=O) groups excluding carboxylic acids is 2. The maximum Gasteiger partial charge on any atom is 0.308 e. The number of benzene rings is 1. The third kappa shape index (κ3) is 3.23. The molecule has 1 aliphatic heterocycles. The molecule has 140 valence electrons. The molecular formula is C20H21N3O3S. The number of methoxy groups -OCH3 is 1. The van der Waals surface area contributed by atoms with Gasteiger partial charge >= 0.3 is 5.97 Å². The van der Waals surface area contributed by atoms with Crippen LogP contribution in [-0.4, -0.2) is 46.4 Å². The van der Waals surface area contributed by atoms with E-state index in [-0.39, 0.29) is 17.8 Å². The Bertz CT molecular complexity index is 999. The lowest BCUT2D eigenvalue weighted by Crippen LogP contribution is -2.40. The number of rotatable bonds is 3. The predicted molar refractivity (Wildman–Crippen MR) is 104 cm³/mol. The molecule has 1 amide bonds. The van der Waals surface area contributed by atoms with Crippen molar-refractivity contribution in [2.24, 2.45) is 5.92 Å². The Morgan fingerprint density at radius 3 is 2.67 bits per heavy atom. The molecule has 4 rings (SSSR count). The number of amides is 1. The Labute approximate surface area is 161 Å². The van der Waals surface area contributed by atoms with Gasteiger partial charge in [0.15, 0.2) is 4.96 Å². The van der Waals surface area contributed by atoms with E-state index < -0.39 is 0 Å². The monoisotopic (exact) mass is 383 g/mol. The molecule has 0 unspecified atom stereocenters. The SMILES string of the molecule is COC(=O)C1CCN(C(=O)c2csc3nc(-c4ccccc4C)cn23)CC1. The molecule has 0 saturated carbocycles. The minimum Gasteiger partial charge on any atom is -0.469 e. The van der Waals surface area contributed by atoms with Gasteiger partial charge in [-0.15, -0.1) is 11.3 Å². The van der Waals surface area contributed by atoms with Crippen molar-refractivity contribution in [3.8, 4) is 11.3 Å². The van der Waals surface area contributed by atoms with Crippen LogP contribution in [0.25, 0.3) is 16.2 Å². The lowest BCUT2D eigenvalue weighted by molar-refractivity contribution is -0.146. The fourth-order valence-electron chi connectivity index (χ4n) is 3.57. The summed E-state index contributed by atoms with van der Waals surface area (Å²) in [5.74, 6) is -0.307. The van der Waals surface area contributed by atoms with Gasteiger partial charge in [-0.2, -0.15) is 0 Å². The zero-order valence-electron chi connectivity index (χ0n) is 15.3. The van der Waals surface area contributed by atoms with E-state index in [4.69, 9.17) is 4.74 Å². The zero-order valence-corrected chi connectivity index (χ0v) is 16.2. The summed E-state index contributed by atoms with van der Waals surface area (Å²) in [6, 6.07) is 8.10. The van der Waals surface area contributed by atoms with Gasteiger partial charge in [0.25, 0.3) is 5.91 Å². The van der Waals surface area contributed by atoms with E-state index in [1.54, 1.807) is 0 Å². The number of carbonyl (C=O) groups is 2. The molecule has 1 aromatic carbocycles. The van der Waals surface area contributed by atoms with Gasteiger partial charge in [-0.3, -0.25) is 14.0 Å².